The quantitative estimate of drug-likeness (QED) is 0.893. The number of ether oxygens (including phenoxy) is 3. The Morgan fingerprint density at radius 2 is 2.00 bits per heavy atom. The summed E-state index contributed by atoms with van der Waals surface area (Å²) >= 11 is 0. The Kier molecular flexibility index (Phi) is 5.25. The second kappa shape index (κ2) is 7.43. The van der Waals surface area contributed by atoms with Crippen LogP contribution in [0.3, 0.4) is 0 Å². The number of amides is 2. The summed E-state index contributed by atoms with van der Waals surface area (Å²) in [5.74, 6) is 0.967. The molecule has 1 fully saturated rings. The van der Waals surface area contributed by atoms with Gasteiger partial charge in [0.25, 0.3) is 5.91 Å². The van der Waals surface area contributed by atoms with E-state index in [9.17, 15) is 9.59 Å². The number of likely N-dealkylation sites (tertiary alicyclic amines) is 1. The molecule has 0 unspecified atom stereocenters. The van der Waals surface area contributed by atoms with E-state index in [4.69, 9.17) is 14.2 Å². The van der Waals surface area contributed by atoms with Crippen molar-refractivity contribution in [1.29, 1.82) is 0 Å². The summed E-state index contributed by atoms with van der Waals surface area (Å²) < 4.78 is 16.7. The second-order valence-electron chi connectivity index (χ2n) is 7.58. The van der Waals surface area contributed by atoms with Gasteiger partial charge in [-0.2, -0.15) is 0 Å². The van der Waals surface area contributed by atoms with Gasteiger partial charge in [-0.05, 0) is 45.7 Å². The van der Waals surface area contributed by atoms with Crippen LogP contribution in [-0.2, 0) is 9.53 Å². The molecule has 0 saturated carbocycles. The molecule has 1 saturated heterocycles. The molecule has 2 amide bonds. The lowest BCUT2D eigenvalue weighted by atomic mass is 10.2. The number of carbonyl (C=O) groups is 2. The highest BCUT2D eigenvalue weighted by Gasteiger charge is 2.33. The molecule has 0 radical (unpaired) electrons. The van der Waals surface area contributed by atoms with Crippen molar-refractivity contribution in [3.8, 4) is 11.5 Å². The second-order valence-corrected chi connectivity index (χ2v) is 7.58. The van der Waals surface area contributed by atoms with Gasteiger partial charge in [-0.1, -0.05) is 12.1 Å². The number of hydrogen-bond acceptors (Lipinski definition) is 5. The van der Waals surface area contributed by atoms with Gasteiger partial charge in [-0.15, -0.1) is 0 Å². The van der Waals surface area contributed by atoms with E-state index in [1.54, 1.807) is 17.0 Å². The van der Waals surface area contributed by atoms with Gasteiger partial charge in [-0.25, -0.2) is 4.79 Å². The van der Waals surface area contributed by atoms with Crippen molar-refractivity contribution in [2.75, 3.05) is 19.7 Å². The molecule has 2 heterocycles. The molecule has 26 heavy (non-hydrogen) atoms. The molecule has 3 rings (SSSR count). The van der Waals surface area contributed by atoms with Crippen molar-refractivity contribution in [1.82, 2.24) is 10.2 Å². The Balaban J connectivity index is 1.52. The van der Waals surface area contributed by atoms with Crippen LogP contribution >= 0.6 is 0 Å². The molecule has 7 heteroatoms. The van der Waals surface area contributed by atoms with Crippen molar-refractivity contribution >= 4 is 12.0 Å². The van der Waals surface area contributed by atoms with E-state index in [0.29, 0.717) is 24.6 Å². The summed E-state index contributed by atoms with van der Waals surface area (Å²) in [4.78, 5) is 26.4. The maximum absolute atomic E-state index is 12.4. The van der Waals surface area contributed by atoms with Gasteiger partial charge < -0.3 is 24.4 Å². The number of para-hydroxylation sites is 2. The van der Waals surface area contributed by atoms with E-state index >= 15 is 0 Å². The van der Waals surface area contributed by atoms with Crippen molar-refractivity contribution in [3.63, 3.8) is 0 Å². The average molecular weight is 362 g/mol. The largest absolute Gasteiger partial charge is 0.485 e. The number of nitrogens with one attached hydrogen (secondary N) is 1. The third-order valence-corrected chi connectivity index (χ3v) is 4.32. The SMILES string of the molecule is CC(C)(C)OC(=O)N1CCC[C@H]1CNC(=O)[C@H]1COc2ccccc2O1. The summed E-state index contributed by atoms with van der Waals surface area (Å²) in [5.41, 5.74) is -0.534. The lowest BCUT2D eigenvalue weighted by molar-refractivity contribution is -0.130. The molecule has 2 aliphatic rings. The molecule has 0 aromatic heterocycles. The number of carbonyl (C=O) groups excluding carboxylic acids is 2. The van der Waals surface area contributed by atoms with Gasteiger partial charge in [-0.3, -0.25) is 4.79 Å². The molecule has 7 nitrogen and oxygen atoms in total. The first-order chi connectivity index (χ1) is 12.3. The topological polar surface area (TPSA) is 77.1 Å². The van der Waals surface area contributed by atoms with Gasteiger partial charge >= 0.3 is 6.09 Å². The van der Waals surface area contributed by atoms with Crippen LogP contribution in [0.25, 0.3) is 0 Å². The van der Waals surface area contributed by atoms with E-state index in [1.165, 1.54) is 0 Å². The third kappa shape index (κ3) is 4.39. The van der Waals surface area contributed by atoms with Crippen LogP contribution in [0.1, 0.15) is 33.6 Å². The highest BCUT2D eigenvalue weighted by atomic mass is 16.6. The predicted octanol–water partition coefficient (Wildman–Crippen LogP) is 2.34. The molecule has 0 bridgehead atoms. The van der Waals surface area contributed by atoms with E-state index in [0.717, 1.165) is 12.8 Å². The number of hydrogen-bond donors (Lipinski definition) is 1. The van der Waals surface area contributed by atoms with Crippen LogP contribution in [0.4, 0.5) is 4.79 Å². The fourth-order valence-corrected chi connectivity index (χ4v) is 3.09. The standard InChI is InChI=1S/C19H26N2O5/c1-19(2,3)26-18(23)21-10-6-7-13(21)11-20-17(22)16-12-24-14-8-4-5-9-15(14)25-16/h4-5,8-9,13,16H,6-7,10-12H2,1-3H3,(H,20,22)/t13-,16+/m0/s1. The third-order valence-electron chi connectivity index (χ3n) is 4.32. The van der Waals surface area contributed by atoms with E-state index < -0.39 is 11.7 Å². The van der Waals surface area contributed by atoms with Gasteiger partial charge in [0.1, 0.15) is 12.2 Å². The zero-order valence-electron chi connectivity index (χ0n) is 15.5. The van der Waals surface area contributed by atoms with Crippen LogP contribution < -0.4 is 14.8 Å². The van der Waals surface area contributed by atoms with Crippen LogP contribution in [0.5, 0.6) is 11.5 Å². The minimum Gasteiger partial charge on any atom is -0.485 e. The molecular weight excluding hydrogens is 336 g/mol. The maximum atomic E-state index is 12.4. The summed E-state index contributed by atoms with van der Waals surface area (Å²) in [6.45, 7) is 6.72. The minimum atomic E-state index is -0.693. The molecule has 142 valence electrons. The fraction of sp³-hybridized carbons (Fsp3) is 0.579. The summed E-state index contributed by atoms with van der Waals surface area (Å²) in [7, 11) is 0. The van der Waals surface area contributed by atoms with Crippen LogP contribution in [0, 0.1) is 0 Å². The Morgan fingerprint density at radius 3 is 2.73 bits per heavy atom. The molecule has 0 aliphatic carbocycles. The summed E-state index contributed by atoms with van der Waals surface area (Å²) in [6.07, 6.45) is 0.710. The Hall–Kier alpha value is -2.44. The number of fused-ring (bicyclic) bond motifs is 1. The Labute approximate surface area is 153 Å². The molecule has 0 spiro atoms. The zero-order valence-corrected chi connectivity index (χ0v) is 15.5. The first-order valence-corrected chi connectivity index (χ1v) is 8.99. The highest BCUT2D eigenvalue weighted by Crippen LogP contribution is 2.30. The number of rotatable bonds is 3. The Morgan fingerprint density at radius 1 is 1.27 bits per heavy atom. The molecule has 1 N–H and O–H groups in total. The molecule has 1 aromatic carbocycles. The fourth-order valence-electron chi connectivity index (χ4n) is 3.09. The lowest BCUT2D eigenvalue weighted by Crippen LogP contribution is -2.49. The van der Waals surface area contributed by atoms with Crippen molar-refractivity contribution < 1.29 is 23.8 Å². The van der Waals surface area contributed by atoms with Gasteiger partial charge in [0.15, 0.2) is 11.5 Å². The van der Waals surface area contributed by atoms with E-state index in [-0.39, 0.29) is 24.6 Å². The zero-order chi connectivity index (χ0) is 18.7. The van der Waals surface area contributed by atoms with Crippen LogP contribution in [0.2, 0.25) is 0 Å². The summed E-state index contributed by atoms with van der Waals surface area (Å²) in [5, 5.41) is 2.88. The lowest BCUT2D eigenvalue weighted by Gasteiger charge is -2.29. The van der Waals surface area contributed by atoms with Crippen molar-refractivity contribution in [2.45, 2.75) is 51.4 Å². The molecule has 2 atom stereocenters. The number of benzene rings is 1. The monoisotopic (exact) mass is 362 g/mol. The van der Waals surface area contributed by atoms with E-state index in [2.05, 4.69) is 5.32 Å². The normalized spacial score (nSPS) is 22.0. The number of nitrogens with zero attached hydrogens (tertiary/aromatic N) is 1. The van der Waals surface area contributed by atoms with Gasteiger partial charge in [0.05, 0.1) is 6.04 Å². The predicted molar refractivity (Wildman–Crippen MR) is 95.3 cm³/mol. The van der Waals surface area contributed by atoms with Crippen LogP contribution in [-0.4, -0.2) is 54.3 Å². The van der Waals surface area contributed by atoms with Crippen LogP contribution in [0.15, 0.2) is 24.3 Å². The van der Waals surface area contributed by atoms with Crippen molar-refractivity contribution in [3.05, 3.63) is 24.3 Å². The minimum absolute atomic E-state index is 0.0643. The average Bonchev–Trinajstić information content (AvgIpc) is 3.06. The summed E-state index contributed by atoms with van der Waals surface area (Å²) in [6, 6.07) is 7.20. The maximum Gasteiger partial charge on any atom is 0.410 e. The smallest absolute Gasteiger partial charge is 0.410 e. The molecule has 1 aromatic rings. The highest BCUT2D eigenvalue weighted by molar-refractivity contribution is 5.82. The molecular formula is C19H26N2O5. The molecule has 2 aliphatic heterocycles. The van der Waals surface area contributed by atoms with Gasteiger partial charge in [0, 0.05) is 13.1 Å². The van der Waals surface area contributed by atoms with Crippen molar-refractivity contribution in [2.24, 2.45) is 0 Å². The first-order valence-electron chi connectivity index (χ1n) is 8.99. The Bertz CT molecular complexity index is 670. The van der Waals surface area contributed by atoms with Gasteiger partial charge in [0.2, 0.25) is 6.10 Å². The van der Waals surface area contributed by atoms with E-state index in [1.807, 2.05) is 32.9 Å². The first kappa shape index (κ1) is 18.4.